The van der Waals surface area contributed by atoms with Gasteiger partial charge in [-0.3, -0.25) is 8.96 Å². The molecule has 108 valence electrons. The first kappa shape index (κ1) is 14.0. The fraction of sp³-hybridized carbons (Fsp3) is 0. The molecule has 0 bridgehead atoms. The lowest BCUT2D eigenvalue weighted by molar-refractivity contribution is 0.637. The fourth-order valence-electron chi connectivity index (χ4n) is 2.62. The van der Waals surface area contributed by atoms with Crippen molar-refractivity contribution >= 4 is 52.3 Å². The molecule has 0 atom stereocenters. The molecule has 3 heterocycles. The summed E-state index contributed by atoms with van der Waals surface area (Å²) in [5, 5.41) is 1.80. The van der Waals surface area contributed by atoms with E-state index in [0.29, 0.717) is 5.52 Å². The molecule has 0 aliphatic carbocycles. The molecule has 6 heteroatoms. The van der Waals surface area contributed by atoms with Gasteiger partial charge in [0.1, 0.15) is 11.3 Å². The number of fused-ring (bicyclic) bond motifs is 2. The molecular weight excluding hydrogens is 412 g/mol. The van der Waals surface area contributed by atoms with Gasteiger partial charge in [-0.15, -0.1) is 0 Å². The molecule has 3 nitrogen and oxygen atoms in total. The highest BCUT2D eigenvalue weighted by Crippen LogP contribution is 2.35. The van der Waals surface area contributed by atoms with E-state index in [-0.39, 0.29) is 5.82 Å². The number of hydrogen-bond acceptors (Lipinski definition) is 3. The van der Waals surface area contributed by atoms with Crippen molar-refractivity contribution in [1.82, 2.24) is 13.9 Å². The zero-order chi connectivity index (χ0) is 15.1. The van der Waals surface area contributed by atoms with Crippen LogP contribution in [0, 0.1) is 5.82 Å². The zero-order valence-electron chi connectivity index (χ0n) is 11.2. The van der Waals surface area contributed by atoms with Crippen molar-refractivity contribution in [2.24, 2.45) is 0 Å². The summed E-state index contributed by atoms with van der Waals surface area (Å²) in [4.78, 5) is 8.52. The fourth-order valence-corrected chi connectivity index (χ4v) is 3.87. The molecule has 0 spiro atoms. The van der Waals surface area contributed by atoms with E-state index < -0.39 is 0 Å². The van der Waals surface area contributed by atoms with Gasteiger partial charge < -0.3 is 0 Å². The summed E-state index contributed by atoms with van der Waals surface area (Å²) in [5.74, 6) is -0.306. The maximum absolute atomic E-state index is 14.3. The third kappa shape index (κ3) is 2.17. The molecule has 0 N–H and O–H groups in total. The van der Waals surface area contributed by atoms with Crippen LogP contribution in [0.25, 0.3) is 33.1 Å². The standard InChI is InChI=1S/C16H9FIN3S/c17-14-8-11(7-10-3-1-5-19-15(10)14)13-9-21(22-18)16-12(13)4-2-6-20-16/h1-9H. The minimum Gasteiger partial charge on any atom is -0.265 e. The van der Waals surface area contributed by atoms with Crippen LogP contribution in [0.15, 0.2) is 55.0 Å². The molecule has 0 fully saturated rings. The normalized spacial score (nSPS) is 11.4. The minimum absolute atomic E-state index is 0.306. The Kier molecular flexibility index (Phi) is 3.50. The Morgan fingerprint density at radius 1 is 1.09 bits per heavy atom. The molecule has 0 radical (unpaired) electrons. The highest BCUT2D eigenvalue weighted by molar-refractivity contribution is 14.2. The van der Waals surface area contributed by atoms with Crippen LogP contribution >= 0.6 is 30.3 Å². The number of aromatic nitrogens is 3. The molecule has 0 unspecified atom stereocenters. The summed E-state index contributed by atoms with van der Waals surface area (Å²) in [6.07, 6.45) is 5.36. The van der Waals surface area contributed by atoms with Crippen molar-refractivity contribution in [1.29, 1.82) is 0 Å². The summed E-state index contributed by atoms with van der Waals surface area (Å²) in [5.41, 5.74) is 3.08. The average Bonchev–Trinajstić information content (AvgIpc) is 2.94. The highest BCUT2D eigenvalue weighted by Gasteiger charge is 2.13. The van der Waals surface area contributed by atoms with Gasteiger partial charge in [-0.1, -0.05) is 6.07 Å². The van der Waals surface area contributed by atoms with Gasteiger partial charge in [0.15, 0.2) is 5.65 Å². The molecule has 3 aromatic heterocycles. The first-order valence-electron chi connectivity index (χ1n) is 6.58. The van der Waals surface area contributed by atoms with E-state index in [0.717, 1.165) is 27.5 Å². The van der Waals surface area contributed by atoms with Crippen LogP contribution in [0.4, 0.5) is 4.39 Å². The molecule has 0 amide bonds. The van der Waals surface area contributed by atoms with Crippen molar-refractivity contribution in [2.45, 2.75) is 0 Å². The number of halogens is 2. The zero-order valence-corrected chi connectivity index (χ0v) is 14.2. The maximum atomic E-state index is 14.3. The van der Waals surface area contributed by atoms with Crippen LogP contribution in [0.1, 0.15) is 0 Å². The monoisotopic (exact) mass is 421 g/mol. The van der Waals surface area contributed by atoms with Crippen LogP contribution in [-0.4, -0.2) is 13.9 Å². The second-order valence-electron chi connectivity index (χ2n) is 4.85. The quantitative estimate of drug-likeness (QED) is 0.415. The van der Waals surface area contributed by atoms with Crippen LogP contribution in [0.2, 0.25) is 0 Å². The first-order chi connectivity index (χ1) is 10.8. The molecule has 22 heavy (non-hydrogen) atoms. The number of pyridine rings is 2. The van der Waals surface area contributed by atoms with E-state index in [1.807, 2.05) is 40.5 Å². The Balaban J connectivity index is 2.03. The third-order valence-electron chi connectivity index (χ3n) is 3.58. The van der Waals surface area contributed by atoms with Crippen LogP contribution < -0.4 is 0 Å². The number of rotatable bonds is 2. The summed E-state index contributed by atoms with van der Waals surface area (Å²) < 4.78 is 16.3. The van der Waals surface area contributed by atoms with Crippen LogP contribution in [-0.2, 0) is 0 Å². The van der Waals surface area contributed by atoms with Crippen molar-refractivity contribution in [3.05, 3.63) is 60.8 Å². The van der Waals surface area contributed by atoms with E-state index >= 15 is 0 Å². The summed E-state index contributed by atoms with van der Waals surface area (Å²) in [6, 6.07) is 11.1. The Morgan fingerprint density at radius 3 is 2.77 bits per heavy atom. The maximum Gasteiger partial charge on any atom is 0.151 e. The van der Waals surface area contributed by atoms with Gasteiger partial charge in [0.05, 0.1) is 0 Å². The predicted molar refractivity (Wildman–Crippen MR) is 97.4 cm³/mol. The largest absolute Gasteiger partial charge is 0.265 e. The summed E-state index contributed by atoms with van der Waals surface area (Å²) >= 11 is 2.21. The van der Waals surface area contributed by atoms with Crippen molar-refractivity contribution in [3.63, 3.8) is 0 Å². The van der Waals surface area contributed by atoms with Crippen molar-refractivity contribution in [2.75, 3.05) is 0 Å². The lowest BCUT2D eigenvalue weighted by Crippen LogP contribution is -1.86. The van der Waals surface area contributed by atoms with E-state index in [1.165, 1.54) is 9.12 Å². The van der Waals surface area contributed by atoms with E-state index in [9.17, 15) is 4.39 Å². The summed E-state index contributed by atoms with van der Waals surface area (Å²) in [7, 11) is 1.54. The lowest BCUT2D eigenvalue weighted by Gasteiger charge is -2.03. The molecule has 4 rings (SSSR count). The van der Waals surface area contributed by atoms with Gasteiger partial charge in [0, 0.05) is 65.3 Å². The second-order valence-corrected chi connectivity index (χ2v) is 6.56. The summed E-state index contributed by atoms with van der Waals surface area (Å²) in [6.45, 7) is 0. The first-order valence-corrected chi connectivity index (χ1v) is 9.89. The number of benzene rings is 1. The average molecular weight is 421 g/mol. The number of nitrogens with zero attached hydrogens (tertiary/aromatic N) is 3. The van der Waals surface area contributed by atoms with Gasteiger partial charge in [-0.2, -0.15) is 0 Å². The smallest absolute Gasteiger partial charge is 0.151 e. The van der Waals surface area contributed by atoms with Gasteiger partial charge in [-0.25, -0.2) is 9.37 Å². The Hall–Kier alpha value is -1.67. The Bertz CT molecular complexity index is 999. The van der Waals surface area contributed by atoms with E-state index in [4.69, 9.17) is 0 Å². The molecule has 4 aromatic rings. The Labute approximate surface area is 142 Å². The van der Waals surface area contributed by atoms with E-state index in [2.05, 4.69) is 31.2 Å². The van der Waals surface area contributed by atoms with Gasteiger partial charge in [0.2, 0.25) is 0 Å². The molecule has 0 aliphatic rings. The molecular formula is C16H9FIN3S. The van der Waals surface area contributed by atoms with Crippen molar-refractivity contribution < 1.29 is 4.39 Å². The predicted octanol–water partition coefficient (Wildman–Crippen LogP) is 5.24. The Morgan fingerprint density at radius 2 is 1.91 bits per heavy atom. The van der Waals surface area contributed by atoms with Gasteiger partial charge in [0.25, 0.3) is 0 Å². The molecule has 0 aliphatic heterocycles. The molecule has 0 saturated heterocycles. The highest BCUT2D eigenvalue weighted by atomic mass is 127. The molecule has 1 aromatic carbocycles. The third-order valence-corrected chi connectivity index (χ3v) is 5.28. The lowest BCUT2D eigenvalue weighted by atomic mass is 10.0. The van der Waals surface area contributed by atoms with Crippen molar-refractivity contribution in [3.8, 4) is 11.1 Å². The topological polar surface area (TPSA) is 30.7 Å². The second kappa shape index (κ2) is 5.51. The minimum atomic E-state index is -0.306. The number of hydrogen-bond donors (Lipinski definition) is 0. The van der Waals surface area contributed by atoms with Gasteiger partial charge >= 0.3 is 0 Å². The SMILES string of the molecule is Fc1cc(-c2cn(SI)c3ncccc23)cc2cccnc12. The molecule has 0 saturated carbocycles. The van der Waals surface area contributed by atoms with Crippen LogP contribution in [0.5, 0.6) is 0 Å². The van der Waals surface area contributed by atoms with E-state index in [1.54, 1.807) is 18.5 Å². The van der Waals surface area contributed by atoms with Gasteiger partial charge in [-0.05, 0) is 35.9 Å². The van der Waals surface area contributed by atoms with Crippen LogP contribution in [0.3, 0.4) is 0 Å².